The number of amides is 1. The summed E-state index contributed by atoms with van der Waals surface area (Å²) in [6.07, 6.45) is 0.886. The van der Waals surface area contributed by atoms with Crippen molar-refractivity contribution in [3.05, 3.63) is 29.8 Å². The normalized spacial score (nSPS) is 15.7. The minimum Gasteiger partial charge on any atom is -0.493 e. The molecular weight excluding hydrogens is 342 g/mol. The Bertz CT molecular complexity index is 586. The van der Waals surface area contributed by atoms with Crippen molar-refractivity contribution in [1.82, 2.24) is 15.1 Å². The summed E-state index contributed by atoms with van der Waals surface area (Å²) in [4.78, 5) is 16.7. The number of rotatable bonds is 10. The van der Waals surface area contributed by atoms with Crippen molar-refractivity contribution in [3.8, 4) is 5.75 Å². The van der Waals surface area contributed by atoms with Crippen LogP contribution < -0.4 is 10.1 Å². The highest BCUT2D eigenvalue weighted by molar-refractivity contribution is 5.78. The summed E-state index contributed by atoms with van der Waals surface area (Å²) in [7, 11) is 1.97. The molecule has 6 nitrogen and oxygen atoms in total. The van der Waals surface area contributed by atoms with Crippen molar-refractivity contribution in [1.29, 1.82) is 0 Å². The van der Waals surface area contributed by atoms with E-state index in [0.717, 1.165) is 50.6 Å². The fourth-order valence-electron chi connectivity index (χ4n) is 3.21. The molecular formula is C21H35N3O3. The molecule has 6 heteroatoms. The van der Waals surface area contributed by atoms with Crippen molar-refractivity contribution in [3.63, 3.8) is 0 Å². The molecule has 0 unspecified atom stereocenters. The summed E-state index contributed by atoms with van der Waals surface area (Å²) >= 11 is 0. The van der Waals surface area contributed by atoms with Crippen LogP contribution in [0.4, 0.5) is 0 Å². The Labute approximate surface area is 163 Å². The third-order valence-electron chi connectivity index (χ3n) is 5.03. The van der Waals surface area contributed by atoms with Crippen LogP contribution in [-0.2, 0) is 9.53 Å². The first-order chi connectivity index (χ1) is 12.9. The van der Waals surface area contributed by atoms with Gasteiger partial charge in [-0.3, -0.25) is 14.6 Å². The highest BCUT2D eigenvalue weighted by Gasteiger charge is 2.28. The Hall–Kier alpha value is -1.63. The largest absolute Gasteiger partial charge is 0.493 e. The number of aryl methyl sites for hydroxylation is 1. The van der Waals surface area contributed by atoms with E-state index in [4.69, 9.17) is 9.47 Å². The molecule has 0 radical (unpaired) electrons. The summed E-state index contributed by atoms with van der Waals surface area (Å²) in [5.74, 6) is 1.00. The van der Waals surface area contributed by atoms with E-state index in [2.05, 4.69) is 24.1 Å². The number of para-hydroxylation sites is 1. The maximum absolute atomic E-state index is 12.3. The summed E-state index contributed by atoms with van der Waals surface area (Å²) < 4.78 is 11.2. The van der Waals surface area contributed by atoms with Gasteiger partial charge in [-0.25, -0.2) is 0 Å². The second-order valence-corrected chi connectivity index (χ2v) is 7.89. The molecule has 1 aromatic rings. The predicted molar refractivity (Wildman–Crippen MR) is 108 cm³/mol. The van der Waals surface area contributed by atoms with Gasteiger partial charge in [-0.2, -0.15) is 0 Å². The number of hydrogen-bond acceptors (Lipinski definition) is 5. The monoisotopic (exact) mass is 377 g/mol. The lowest BCUT2D eigenvalue weighted by molar-refractivity contribution is -0.122. The minimum absolute atomic E-state index is 0.0562. The molecule has 152 valence electrons. The third kappa shape index (κ3) is 7.48. The topological polar surface area (TPSA) is 54.0 Å². The van der Waals surface area contributed by atoms with Crippen LogP contribution in [0.1, 0.15) is 25.8 Å². The van der Waals surface area contributed by atoms with Crippen molar-refractivity contribution < 1.29 is 14.3 Å². The van der Waals surface area contributed by atoms with Crippen LogP contribution in [0.5, 0.6) is 5.75 Å². The van der Waals surface area contributed by atoms with Gasteiger partial charge in [-0.15, -0.1) is 0 Å². The molecule has 0 aromatic heterocycles. The summed E-state index contributed by atoms with van der Waals surface area (Å²) in [6.45, 7) is 12.3. The first-order valence-corrected chi connectivity index (χ1v) is 9.85. The minimum atomic E-state index is -0.0562. The molecule has 1 aliphatic heterocycles. The maximum atomic E-state index is 12.3. The van der Waals surface area contributed by atoms with E-state index in [0.29, 0.717) is 19.7 Å². The number of likely N-dealkylation sites (N-methyl/N-ethyl adjacent to an activating group) is 1. The van der Waals surface area contributed by atoms with Crippen LogP contribution in [0, 0.1) is 6.92 Å². The summed E-state index contributed by atoms with van der Waals surface area (Å²) in [5.41, 5.74) is 1.09. The van der Waals surface area contributed by atoms with E-state index in [-0.39, 0.29) is 11.4 Å². The molecule has 1 N–H and O–H groups in total. The van der Waals surface area contributed by atoms with Gasteiger partial charge in [0.05, 0.1) is 26.4 Å². The number of ether oxygens (including phenoxy) is 2. The smallest absolute Gasteiger partial charge is 0.234 e. The fourth-order valence-corrected chi connectivity index (χ4v) is 3.21. The van der Waals surface area contributed by atoms with Gasteiger partial charge in [0.1, 0.15) is 5.75 Å². The standard InChI is InChI=1S/C21H35N3O3/c1-18-8-5-6-9-19(18)27-13-7-10-23(4)16-20(25)22-17-21(2,3)24-11-14-26-15-12-24/h5-6,8-9H,7,10-17H2,1-4H3,(H,22,25). The molecule has 0 spiro atoms. The lowest BCUT2D eigenvalue weighted by Crippen LogP contribution is -2.56. The van der Waals surface area contributed by atoms with Gasteiger partial charge in [-0.05, 0) is 45.9 Å². The highest BCUT2D eigenvalue weighted by Crippen LogP contribution is 2.16. The van der Waals surface area contributed by atoms with Gasteiger partial charge in [0, 0.05) is 31.7 Å². The zero-order chi connectivity index (χ0) is 19.7. The van der Waals surface area contributed by atoms with Gasteiger partial charge < -0.3 is 14.8 Å². The van der Waals surface area contributed by atoms with Crippen molar-refractivity contribution >= 4 is 5.91 Å². The molecule has 1 fully saturated rings. The number of hydrogen-bond donors (Lipinski definition) is 1. The van der Waals surface area contributed by atoms with E-state index in [1.807, 2.05) is 43.1 Å². The molecule has 2 rings (SSSR count). The van der Waals surface area contributed by atoms with Crippen molar-refractivity contribution in [2.24, 2.45) is 0 Å². The molecule has 27 heavy (non-hydrogen) atoms. The van der Waals surface area contributed by atoms with Gasteiger partial charge in [0.25, 0.3) is 0 Å². The number of nitrogens with one attached hydrogen (secondary N) is 1. The van der Waals surface area contributed by atoms with Crippen LogP contribution in [0.25, 0.3) is 0 Å². The number of nitrogens with zero attached hydrogens (tertiary/aromatic N) is 2. The summed E-state index contributed by atoms with van der Waals surface area (Å²) in [6, 6.07) is 8.03. The van der Waals surface area contributed by atoms with E-state index in [1.54, 1.807) is 0 Å². The Morgan fingerprint density at radius 1 is 1.30 bits per heavy atom. The molecule has 1 heterocycles. The Morgan fingerprint density at radius 2 is 2.00 bits per heavy atom. The molecule has 0 bridgehead atoms. The second kappa shape index (κ2) is 10.6. The molecule has 0 saturated carbocycles. The number of benzene rings is 1. The van der Waals surface area contributed by atoms with E-state index >= 15 is 0 Å². The second-order valence-electron chi connectivity index (χ2n) is 7.89. The maximum Gasteiger partial charge on any atom is 0.234 e. The van der Waals surface area contributed by atoms with Crippen molar-refractivity contribution in [2.45, 2.75) is 32.7 Å². The molecule has 1 aromatic carbocycles. The van der Waals surface area contributed by atoms with E-state index in [9.17, 15) is 4.79 Å². The average Bonchev–Trinajstić information content (AvgIpc) is 2.66. The van der Waals surface area contributed by atoms with Crippen LogP contribution in [0.3, 0.4) is 0 Å². The highest BCUT2D eigenvalue weighted by atomic mass is 16.5. The SMILES string of the molecule is Cc1ccccc1OCCCN(C)CC(=O)NCC(C)(C)N1CCOCC1. The summed E-state index contributed by atoms with van der Waals surface area (Å²) in [5, 5.41) is 3.08. The van der Waals surface area contributed by atoms with Crippen molar-refractivity contribution in [2.75, 3.05) is 59.6 Å². The van der Waals surface area contributed by atoms with Gasteiger partial charge in [0.15, 0.2) is 0 Å². The van der Waals surface area contributed by atoms with Crippen LogP contribution in [0.2, 0.25) is 0 Å². The first-order valence-electron chi connectivity index (χ1n) is 9.85. The zero-order valence-electron chi connectivity index (χ0n) is 17.3. The van der Waals surface area contributed by atoms with Gasteiger partial charge in [0.2, 0.25) is 5.91 Å². The first kappa shape index (κ1) is 21.7. The third-order valence-corrected chi connectivity index (χ3v) is 5.03. The van der Waals surface area contributed by atoms with Crippen LogP contribution in [0.15, 0.2) is 24.3 Å². The molecule has 1 amide bonds. The molecule has 0 atom stereocenters. The fraction of sp³-hybridized carbons (Fsp3) is 0.667. The Morgan fingerprint density at radius 3 is 2.70 bits per heavy atom. The predicted octanol–water partition coefficient (Wildman–Crippen LogP) is 1.92. The molecule has 0 aliphatic carbocycles. The molecule has 1 saturated heterocycles. The van der Waals surface area contributed by atoms with Crippen LogP contribution in [-0.4, -0.2) is 80.8 Å². The van der Waals surface area contributed by atoms with E-state index < -0.39 is 0 Å². The zero-order valence-corrected chi connectivity index (χ0v) is 17.3. The Balaban J connectivity index is 1.61. The number of morpholine rings is 1. The van der Waals surface area contributed by atoms with E-state index in [1.165, 1.54) is 0 Å². The average molecular weight is 378 g/mol. The quantitative estimate of drug-likeness (QED) is 0.632. The van der Waals surface area contributed by atoms with Gasteiger partial charge >= 0.3 is 0 Å². The van der Waals surface area contributed by atoms with Crippen LogP contribution >= 0.6 is 0 Å². The number of carbonyl (C=O) groups is 1. The number of carbonyl (C=O) groups excluding carboxylic acids is 1. The Kier molecular flexibility index (Phi) is 8.54. The van der Waals surface area contributed by atoms with Gasteiger partial charge in [-0.1, -0.05) is 18.2 Å². The lowest BCUT2D eigenvalue weighted by Gasteiger charge is -2.40. The lowest BCUT2D eigenvalue weighted by atomic mass is 10.0. The molecule has 1 aliphatic rings.